The molecule has 0 saturated carbocycles. The Kier molecular flexibility index (Phi) is 5.73. The normalized spacial score (nSPS) is 18.0. The molecule has 6 heteroatoms. The van der Waals surface area contributed by atoms with E-state index in [2.05, 4.69) is 29.7 Å². The number of carbonyl (C=O) groups excluding carboxylic acids is 1. The summed E-state index contributed by atoms with van der Waals surface area (Å²) in [6.45, 7) is 4.44. The molecular weight excluding hydrogens is 348 g/mol. The Morgan fingerprint density at radius 3 is 2.69 bits per heavy atom. The van der Waals surface area contributed by atoms with Gasteiger partial charge in [0.2, 0.25) is 0 Å². The van der Waals surface area contributed by atoms with Crippen LogP contribution in [0.4, 0.5) is 5.69 Å². The second-order valence-electron chi connectivity index (χ2n) is 5.83. The molecule has 1 atom stereocenters. The van der Waals surface area contributed by atoms with E-state index in [9.17, 15) is 9.90 Å². The number of nitrogens with one attached hydrogen (secondary N) is 2. The minimum absolute atomic E-state index is 0.0904. The molecule has 136 valence electrons. The van der Waals surface area contributed by atoms with Gasteiger partial charge < -0.3 is 20.5 Å². The summed E-state index contributed by atoms with van der Waals surface area (Å²) in [5, 5.41) is 16.0. The lowest BCUT2D eigenvalue weighted by atomic mass is 10.1. The van der Waals surface area contributed by atoms with Gasteiger partial charge in [-0.2, -0.15) is 0 Å². The summed E-state index contributed by atoms with van der Waals surface area (Å²) in [7, 11) is 0. The summed E-state index contributed by atoms with van der Waals surface area (Å²) in [6.07, 6.45) is 2.79. The van der Waals surface area contributed by atoms with E-state index in [-0.39, 0.29) is 17.2 Å². The van der Waals surface area contributed by atoms with Crippen LogP contribution in [0, 0.1) is 0 Å². The zero-order chi connectivity index (χ0) is 18.5. The molecule has 1 fully saturated rings. The average molecular weight is 370 g/mol. The second-order valence-corrected chi connectivity index (χ2v) is 6.98. The second kappa shape index (κ2) is 8.19. The maximum absolute atomic E-state index is 12.2. The highest BCUT2D eigenvalue weighted by Gasteiger charge is 2.27. The number of phenols is 1. The van der Waals surface area contributed by atoms with Gasteiger partial charge in [0.25, 0.3) is 5.91 Å². The van der Waals surface area contributed by atoms with Gasteiger partial charge in [-0.05, 0) is 54.8 Å². The van der Waals surface area contributed by atoms with Gasteiger partial charge in [-0.1, -0.05) is 36.9 Å². The average Bonchev–Trinajstić information content (AvgIpc) is 2.98. The first-order valence-corrected chi connectivity index (χ1v) is 9.47. The molecule has 0 bridgehead atoms. The SMILES string of the molecule is CCOc1cc(/C=C2\SC(Nc3ccc(CC)cc3)NC2=O)ccc1O. The minimum atomic E-state index is -0.218. The molecule has 26 heavy (non-hydrogen) atoms. The summed E-state index contributed by atoms with van der Waals surface area (Å²) in [5.41, 5.74) is 2.82. The number of anilines is 1. The third kappa shape index (κ3) is 4.32. The van der Waals surface area contributed by atoms with Crippen LogP contribution in [0.15, 0.2) is 47.4 Å². The van der Waals surface area contributed by atoms with Gasteiger partial charge in [-0.15, -0.1) is 0 Å². The molecular formula is C20H22N2O3S. The van der Waals surface area contributed by atoms with Crippen LogP contribution < -0.4 is 15.4 Å². The quantitative estimate of drug-likeness (QED) is 0.672. The van der Waals surface area contributed by atoms with E-state index < -0.39 is 0 Å². The van der Waals surface area contributed by atoms with Crippen molar-refractivity contribution in [1.29, 1.82) is 0 Å². The molecule has 1 aliphatic rings. The lowest BCUT2D eigenvalue weighted by Gasteiger charge is -2.12. The van der Waals surface area contributed by atoms with Crippen LogP contribution in [0.1, 0.15) is 25.0 Å². The Morgan fingerprint density at radius 1 is 1.23 bits per heavy atom. The lowest BCUT2D eigenvalue weighted by Crippen LogP contribution is -2.30. The number of ether oxygens (including phenoxy) is 1. The molecule has 5 nitrogen and oxygen atoms in total. The fourth-order valence-electron chi connectivity index (χ4n) is 2.60. The molecule has 0 aliphatic carbocycles. The smallest absolute Gasteiger partial charge is 0.260 e. The fraction of sp³-hybridized carbons (Fsp3) is 0.250. The van der Waals surface area contributed by atoms with E-state index in [1.54, 1.807) is 24.3 Å². The summed E-state index contributed by atoms with van der Waals surface area (Å²) in [4.78, 5) is 12.8. The predicted octanol–water partition coefficient (Wildman–Crippen LogP) is 3.95. The number of aromatic hydroxyl groups is 1. The Morgan fingerprint density at radius 2 is 2.00 bits per heavy atom. The van der Waals surface area contributed by atoms with Crippen LogP contribution in [0.3, 0.4) is 0 Å². The predicted molar refractivity (Wildman–Crippen MR) is 106 cm³/mol. The molecule has 1 aliphatic heterocycles. The van der Waals surface area contributed by atoms with Crippen molar-refractivity contribution in [2.24, 2.45) is 0 Å². The highest BCUT2D eigenvalue weighted by atomic mass is 32.2. The van der Waals surface area contributed by atoms with E-state index in [4.69, 9.17) is 4.74 Å². The van der Waals surface area contributed by atoms with E-state index in [1.165, 1.54) is 17.3 Å². The molecule has 1 amide bonds. The molecule has 3 N–H and O–H groups in total. The monoisotopic (exact) mass is 370 g/mol. The van der Waals surface area contributed by atoms with Gasteiger partial charge in [0.15, 0.2) is 17.0 Å². The zero-order valence-corrected chi connectivity index (χ0v) is 15.6. The third-order valence-electron chi connectivity index (χ3n) is 3.97. The number of amides is 1. The maximum atomic E-state index is 12.2. The van der Waals surface area contributed by atoms with Crippen LogP contribution in [0.2, 0.25) is 0 Å². The highest BCUT2D eigenvalue weighted by Crippen LogP contribution is 2.32. The highest BCUT2D eigenvalue weighted by molar-refractivity contribution is 8.05. The number of hydrogen-bond acceptors (Lipinski definition) is 5. The summed E-state index contributed by atoms with van der Waals surface area (Å²) < 4.78 is 5.39. The van der Waals surface area contributed by atoms with Crippen molar-refractivity contribution in [3.8, 4) is 11.5 Å². The van der Waals surface area contributed by atoms with Crippen molar-refractivity contribution in [3.05, 3.63) is 58.5 Å². The first-order valence-electron chi connectivity index (χ1n) is 8.59. The van der Waals surface area contributed by atoms with E-state index in [0.717, 1.165) is 17.7 Å². The number of thioether (sulfide) groups is 1. The minimum Gasteiger partial charge on any atom is -0.504 e. The molecule has 3 rings (SSSR count). The van der Waals surface area contributed by atoms with E-state index >= 15 is 0 Å². The maximum Gasteiger partial charge on any atom is 0.260 e. The van der Waals surface area contributed by atoms with Crippen LogP contribution in [-0.2, 0) is 11.2 Å². The number of benzene rings is 2. The fourth-order valence-corrected chi connectivity index (χ4v) is 3.58. The number of carbonyl (C=O) groups is 1. The molecule has 2 aromatic carbocycles. The Balaban J connectivity index is 1.70. The van der Waals surface area contributed by atoms with Gasteiger partial charge in [0.05, 0.1) is 11.5 Å². The summed E-state index contributed by atoms with van der Waals surface area (Å²) in [5.74, 6) is 0.382. The third-order valence-corrected chi connectivity index (χ3v) is 5.00. The van der Waals surface area contributed by atoms with Gasteiger partial charge >= 0.3 is 0 Å². The van der Waals surface area contributed by atoms with Crippen LogP contribution in [0.5, 0.6) is 11.5 Å². The van der Waals surface area contributed by atoms with Gasteiger partial charge in [-0.25, -0.2) is 0 Å². The van der Waals surface area contributed by atoms with E-state index in [0.29, 0.717) is 17.3 Å². The number of phenolic OH excluding ortho intramolecular Hbond substituents is 1. The van der Waals surface area contributed by atoms with Gasteiger partial charge in [-0.3, -0.25) is 4.79 Å². The summed E-state index contributed by atoms with van der Waals surface area (Å²) in [6, 6.07) is 13.2. The van der Waals surface area contributed by atoms with Crippen molar-refractivity contribution in [2.45, 2.75) is 25.8 Å². The van der Waals surface area contributed by atoms with Crippen molar-refractivity contribution >= 4 is 29.4 Å². The van der Waals surface area contributed by atoms with Gasteiger partial charge in [0.1, 0.15) is 0 Å². The largest absolute Gasteiger partial charge is 0.504 e. The van der Waals surface area contributed by atoms with Crippen molar-refractivity contribution in [3.63, 3.8) is 0 Å². The van der Waals surface area contributed by atoms with Crippen LogP contribution in [-0.4, -0.2) is 23.1 Å². The standard InChI is InChI=1S/C20H22N2O3S/c1-3-13-5-8-15(9-6-13)21-20-22-19(24)18(26-20)12-14-7-10-16(23)17(11-14)25-4-2/h5-12,20-21,23H,3-4H2,1-2H3,(H,22,24)/b18-12-. The first kappa shape index (κ1) is 18.2. The molecule has 1 heterocycles. The Bertz CT molecular complexity index is 818. The topological polar surface area (TPSA) is 70.6 Å². The lowest BCUT2D eigenvalue weighted by molar-refractivity contribution is -0.116. The number of hydrogen-bond donors (Lipinski definition) is 3. The van der Waals surface area contributed by atoms with Crippen molar-refractivity contribution < 1.29 is 14.6 Å². The molecule has 1 unspecified atom stereocenters. The molecule has 0 aromatic heterocycles. The van der Waals surface area contributed by atoms with E-state index in [1.807, 2.05) is 19.1 Å². The Labute approximate surface area is 157 Å². The molecule has 2 aromatic rings. The summed E-state index contributed by atoms with van der Waals surface area (Å²) >= 11 is 1.43. The first-order chi connectivity index (χ1) is 12.6. The van der Waals surface area contributed by atoms with Crippen molar-refractivity contribution in [2.75, 3.05) is 11.9 Å². The molecule has 0 spiro atoms. The zero-order valence-electron chi connectivity index (χ0n) is 14.8. The van der Waals surface area contributed by atoms with Gasteiger partial charge in [0, 0.05) is 5.69 Å². The molecule has 0 radical (unpaired) electrons. The number of rotatable bonds is 6. The van der Waals surface area contributed by atoms with Crippen molar-refractivity contribution in [1.82, 2.24) is 5.32 Å². The Hall–Kier alpha value is -2.60. The molecule has 1 saturated heterocycles. The number of aryl methyl sites for hydroxylation is 1. The van der Waals surface area contributed by atoms with Crippen LogP contribution in [0.25, 0.3) is 6.08 Å². The van der Waals surface area contributed by atoms with Crippen LogP contribution >= 0.6 is 11.8 Å².